The van der Waals surface area contributed by atoms with Crippen molar-refractivity contribution in [1.82, 2.24) is 19.1 Å². The summed E-state index contributed by atoms with van der Waals surface area (Å²) in [6, 6.07) is 23.7. The van der Waals surface area contributed by atoms with Crippen molar-refractivity contribution in [2.24, 2.45) is 0 Å². The van der Waals surface area contributed by atoms with Crippen LogP contribution in [0.5, 0.6) is 0 Å². The summed E-state index contributed by atoms with van der Waals surface area (Å²) in [7, 11) is 0. The van der Waals surface area contributed by atoms with E-state index in [1.165, 1.54) is 0 Å². The number of benzene rings is 3. The van der Waals surface area contributed by atoms with Crippen LogP contribution >= 0.6 is 23.2 Å². The second-order valence-electron chi connectivity index (χ2n) is 9.79. The van der Waals surface area contributed by atoms with Crippen LogP contribution in [0.25, 0.3) is 11.3 Å². The molecule has 1 aliphatic heterocycles. The molecular weight excluding hydrogens is 547 g/mol. The van der Waals surface area contributed by atoms with E-state index in [-0.39, 0.29) is 36.6 Å². The fourth-order valence-corrected chi connectivity index (χ4v) is 5.54. The zero-order chi connectivity index (χ0) is 27.8. The van der Waals surface area contributed by atoms with E-state index < -0.39 is 0 Å². The third kappa shape index (κ3) is 4.83. The maximum absolute atomic E-state index is 14.0. The van der Waals surface area contributed by atoms with Gasteiger partial charge in [-0.2, -0.15) is 5.10 Å². The number of Topliss-reactive ketones (excluding diaryl/α,β-unsaturated/α-hetero) is 1. The zero-order valence-corrected chi connectivity index (χ0v) is 22.9. The predicted octanol–water partition coefficient (Wildman–Crippen LogP) is 5.34. The van der Waals surface area contributed by atoms with Crippen LogP contribution in [0.4, 0.5) is 0 Å². The molecule has 200 valence electrons. The number of hydrogen-bond acceptors (Lipinski definition) is 4. The van der Waals surface area contributed by atoms with E-state index >= 15 is 0 Å². The van der Waals surface area contributed by atoms with Gasteiger partial charge in [-0.05, 0) is 42.3 Å². The van der Waals surface area contributed by atoms with E-state index in [0.717, 1.165) is 5.56 Å². The molecule has 3 heterocycles. The van der Waals surface area contributed by atoms with Gasteiger partial charge >= 0.3 is 0 Å². The molecule has 0 spiro atoms. The minimum atomic E-state index is -0.213. The summed E-state index contributed by atoms with van der Waals surface area (Å²) >= 11 is 12.2. The third-order valence-corrected chi connectivity index (χ3v) is 7.91. The molecule has 0 fully saturated rings. The molecule has 0 saturated heterocycles. The summed E-state index contributed by atoms with van der Waals surface area (Å²) in [5, 5.41) is 5.31. The lowest BCUT2D eigenvalue weighted by Gasteiger charge is -2.29. The summed E-state index contributed by atoms with van der Waals surface area (Å²) in [4.78, 5) is 42.1. The van der Waals surface area contributed by atoms with Crippen molar-refractivity contribution in [2.75, 3.05) is 6.54 Å². The Balaban J connectivity index is 1.43. The minimum Gasteiger partial charge on any atom is -0.332 e. The minimum absolute atomic E-state index is 0.0160. The number of ketones is 1. The van der Waals surface area contributed by atoms with Gasteiger partial charge in [-0.1, -0.05) is 71.7 Å². The van der Waals surface area contributed by atoms with Crippen LogP contribution < -0.4 is 5.56 Å². The number of hydrogen-bond donors (Lipinski definition) is 0. The van der Waals surface area contributed by atoms with Crippen molar-refractivity contribution < 1.29 is 9.59 Å². The number of rotatable bonds is 6. The first-order valence-electron chi connectivity index (χ1n) is 12.9. The number of fused-ring (bicyclic) bond motifs is 3. The first-order chi connectivity index (χ1) is 19.4. The van der Waals surface area contributed by atoms with E-state index in [2.05, 4.69) is 5.10 Å². The normalized spacial score (nSPS) is 12.9. The molecule has 40 heavy (non-hydrogen) atoms. The number of amides is 1. The number of para-hydroxylation sites is 1. The Kier molecular flexibility index (Phi) is 7.00. The van der Waals surface area contributed by atoms with Crippen molar-refractivity contribution in [3.63, 3.8) is 0 Å². The summed E-state index contributed by atoms with van der Waals surface area (Å²) in [6.07, 6.45) is 2.42. The van der Waals surface area contributed by atoms with Crippen LogP contribution in [-0.2, 0) is 30.6 Å². The molecule has 2 aromatic heterocycles. The predicted molar refractivity (Wildman–Crippen MR) is 155 cm³/mol. The molecule has 0 atom stereocenters. The molecule has 0 unspecified atom stereocenters. The molecule has 0 N–H and O–H groups in total. The summed E-state index contributed by atoms with van der Waals surface area (Å²) < 4.78 is 3.34. The maximum atomic E-state index is 14.0. The Morgan fingerprint density at radius 2 is 1.60 bits per heavy atom. The lowest BCUT2D eigenvalue weighted by atomic mass is 10.0. The molecule has 5 aromatic rings. The lowest BCUT2D eigenvalue weighted by molar-refractivity contribution is -0.117. The van der Waals surface area contributed by atoms with Crippen molar-refractivity contribution in [1.29, 1.82) is 0 Å². The van der Waals surface area contributed by atoms with Crippen molar-refractivity contribution in [3.05, 3.63) is 133 Å². The molecule has 1 aliphatic rings. The highest BCUT2D eigenvalue weighted by molar-refractivity contribution is 6.42. The van der Waals surface area contributed by atoms with Crippen LogP contribution in [-0.4, -0.2) is 37.3 Å². The Bertz CT molecular complexity index is 1810. The molecule has 3 aromatic carbocycles. The van der Waals surface area contributed by atoms with Crippen molar-refractivity contribution in [2.45, 2.75) is 25.8 Å². The Hall–Kier alpha value is -4.20. The van der Waals surface area contributed by atoms with Crippen LogP contribution in [0.1, 0.15) is 32.7 Å². The van der Waals surface area contributed by atoms with Crippen LogP contribution in [0.3, 0.4) is 0 Å². The van der Waals surface area contributed by atoms with Gasteiger partial charge in [0, 0.05) is 36.1 Å². The SMILES string of the molecule is O=C(Cc1ccccc1)Cc1cnn2c3c(c(=O)n(-c4ccccc4)c12)CCN(C(=O)c1ccc(Cl)c(Cl)c1)C3. The van der Waals surface area contributed by atoms with Gasteiger partial charge in [0.05, 0.1) is 34.2 Å². The average Bonchev–Trinajstić information content (AvgIpc) is 3.38. The lowest BCUT2D eigenvalue weighted by Crippen LogP contribution is -2.41. The second-order valence-corrected chi connectivity index (χ2v) is 10.6. The van der Waals surface area contributed by atoms with Gasteiger partial charge in [0.25, 0.3) is 11.5 Å². The van der Waals surface area contributed by atoms with Gasteiger partial charge in [-0.3, -0.25) is 19.0 Å². The number of nitrogens with zero attached hydrogens (tertiary/aromatic N) is 4. The molecule has 6 rings (SSSR count). The monoisotopic (exact) mass is 570 g/mol. The van der Waals surface area contributed by atoms with Gasteiger partial charge in [0.2, 0.25) is 0 Å². The Labute approximate surface area is 240 Å². The first-order valence-corrected chi connectivity index (χ1v) is 13.6. The summed E-state index contributed by atoms with van der Waals surface area (Å²) in [6.45, 7) is 0.556. The fraction of sp³-hybridized carbons (Fsp3) is 0.161. The number of halogens is 2. The van der Waals surface area contributed by atoms with E-state index in [9.17, 15) is 14.4 Å². The van der Waals surface area contributed by atoms with Gasteiger partial charge in [0.1, 0.15) is 11.4 Å². The average molecular weight is 571 g/mol. The van der Waals surface area contributed by atoms with E-state index in [0.29, 0.717) is 56.7 Å². The third-order valence-electron chi connectivity index (χ3n) is 7.17. The molecule has 0 bridgehead atoms. The van der Waals surface area contributed by atoms with Gasteiger partial charge in [0.15, 0.2) is 0 Å². The fourth-order valence-electron chi connectivity index (χ4n) is 5.24. The molecule has 0 saturated carbocycles. The van der Waals surface area contributed by atoms with Gasteiger partial charge in [-0.25, -0.2) is 4.52 Å². The number of carbonyl (C=O) groups excluding carboxylic acids is 2. The highest BCUT2D eigenvalue weighted by Crippen LogP contribution is 2.27. The van der Waals surface area contributed by atoms with Crippen LogP contribution in [0, 0.1) is 0 Å². The zero-order valence-electron chi connectivity index (χ0n) is 21.4. The Morgan fingerprint density at radius 3 is 2.33 bits per heavy atom. The highest BCUT2D eigenvalue weighted by atomic mass is 35.5. The second kappa shape index (κ2) is 10.8. The van der Waals surface area contributed by atoms with Crippen molar-refractivity contribution >= 4 is 40.5 Å². The quantitative estimate of drug-likeness (QED) is 0.276. The largest absolute Gasteiger partial charge is 0.332 e. The topological polar surface area (TPSA) is 76.7 Å². The van der Waals surface area contributed by atoms with Gasteiger partial charge in [-0.15, -0.1) is 0 Å². The molecular formula is C31H24Cl2N4O3. The van der Waals surface area contributed by atoms with E-state index in [4.69, 9.17) is 23.2 Å². The molecule has 0 radical (unpaired) electrons. The number of aromatic nitrogens is 3. The smallest absolute Gasteiger partial charge is 0.261 e. The maximum Gasteiger partial charge on any atom is 0.261 e. The van der Waals surface area contributed by atoms with Crippen molar-refractivity contribution in [3.8, 4) is 5.69 Å². The van der Waals surface area contributed by atoms with Crippen LogP contribution in [0.2, 0.25) is 10.0 Å². The van der Waals surface area contributed by atoms with E-state index in [1.54, 1.807) is 38.4 Å². The van der Waals surface area contributed by atoms with Crippen LogP contribution in [0.15, 0.2) is 89.9 Å². The molecule has 1 amide bonds. The molecule has 9 heteroatoms. The Morgan fingerprint density at radius 1 is 0.875 bits per heavy atom. The first kappa shape index (κ1) is 26.0. The summed E-state index contributed by atoms with van der Waals surface area (Å²) in [5.41, 5.74) is 4.27. The molecule has 7 nitrogen and oxygen atoms in total. The number of carbonyl (C=O) groups is 2. The standard InChI is InChI=1S/C31H24Cl2N4O3/c32-26-12-11-21(17-27(26)33)30(39)35-14-13-25-28(19-35)37-29(36(31(25)40)23-9-5-2-6-10-23)22(18-34-37)16-24(38)15-20-7-3-1-4-8-20/h1-12,17-18H,13-16,19H2. The van der Waals surface area contributed by atoms with Gasteiger partial charge < -0.3 is 4.90 Å². The summed E-state index contributed by atoms with van der Waals surface area (Å²) in [5.74, 6) is -0.197. The van der Waals surface area contributed by atoms with E-state index in [1.807, 2.05) is 60.7 Å². The highest BCUT2D eigenvalue weighted by Gasteiger charge is 2.29. The molecule has 0 aliphatic carbocycles.